The number of nitrogens with one attached hydrogen (secondary N) is 1. The Morgan fingerprint density at radius 2 is 2.11 bits per heavy atom. The molecule has 1 rings (SSSR count). The number of alkyl halides is 1. The first kappa shape index (κ1) is 16.1. The first-order chi connectivity index (χ1) is 8.74. The minimum Gasteiger partial charge on any atom is -0.398 e. The van der Waals surface area contributed by atoms with E-state index in [2.05, 4.69) is 5.32 Å². The predicted molar refractivity (Wildman–Crippen MR) is 77.3 cm³/mol. The molecule has 0 fully saturated rings. The summed E-state index contributed by atoms with van der Waals surface area (Å²) in [5, 5.41) is 2.84. The van der Waals surface area contributed by atoms with Crippen LogP contribution < -0.4 is 11.1 Å². The number of benzene rings is 1. The van der Waals surface area contributed by atoms with Gasteiger partial charge in [0.2, 0.25) is 0 Å². The number of hydrogen-bond donors (Lipinski definition) is 2. The Bertz CT molecular complexity index is 573. The standard InChI is InChI=1S/C11H14Cl2N2O3S/c1-7(12)19(17,18)5-4-15-11(16)8-2-3-9(13)10(14)6-8/h2-3,6-7H,4-5,14H2,1H3,(H,15,16). The van der Waals surface area contributed by atoms with Gasteiger partial charge in [0.05, 0.1) is 16.5 Å². The number of carbonyl (C=O) groups excluding carboxylic acids is 1. The molecule has 0 spiro atoms. The molecule has 1 aromatic rings. The molecule has 0 saturated carbocycles. The maximum absolute atomic E-state index is 11.7. The van der Waals surface area contributed by atoms with Crippen molar-refractivity contribution in [1.29, 1.82) is 0 Å². The molecule has 0 heterocycles. The highest BCUT2D eigenvalue weighted by Crippen LogP contribution is 2.19. The van der Waals surface area contributed by atoms with Gasteiger partial charge in [0.25, 0.3) is 5.91 Å². The third kappa shape index (κ3) is 4.56. The lowest BCUT2D eigenvalue weighted by molar-refractivity contribution is 0.0956. The SMILES string of the molecule is CC(Cl)S(=O)(=O)CCNC(=O)c1ccc(Cl)c(N)c1. The zero-order valence-electron chi connectivity index (χ0n) is 10.2. The predicted octanol–water partition coefficient (Wildman–Crippen LogP) is 1.65. The number of carbonyl (C=O) groups is 1. The summed E-state index contributed by atoms with van der Waals surface area (Å²) in [7, 11) is -3.39. The fraction of sp³-hybridized carbons (Fsp3) is 0.364. The van der Waals surface area contributed by atoms with Gasteiger partial charge in [-0.2, -0.15) is 0 Å². The van der Waals surface area contributed by atoms with Crippen LogP contribution in [0.15, 0.2) is 18.2 Å². The van der Waals surface area contributed by atoms with Crippen LogP contribution in [0, 0.1) is 0 Å². The maximum atomic E-state index is 11.7. The van der Waals surface area contributed by atoms with Crippen molar-refractivity contribution in [3.8, 4) is 0 Å². The highest BCUT2D eigenvalue weighted by molar-refractivity contribution is 7.93. The Kier molecular flexibility index (Phi) is 5.46. The Morgan fingerprint density at radius 3 is 2.63 bits per heavy atom. The Balaban J connectivity index is 2.59. The molecule has 1 amide bonds. The third-order valence-electron chi connectivity index (χ3n) is 2.43. The van der Waals surface area contributed by atoms with Gasteiger partial charge in [-0.3, -0.25) is 4.79 Å². The van der Waals surface area contributed by atoms with E-state index in [1.54, 1.807) is 0 Å². The van der Waals surface area contributed by atoms with E-state index < -0.39 is 20.5 Å². The van der Waals surface area contributed by atoms with E-state index in [4.69, 9.17) is 28.9 Å². The van der Waals surface area contributed by atoms with E-state index in [1.807, 2.05) is 0 Å². The van der Waals surface area contributed by atoms with Crippen LogP contribution in [0.5, 0.6) is 0 Å². The molecule has 0 bridgehead atoms. The van der Waals surface area contributed by atoms with Gasteiger partial charge in [0.1, 0.15) is 4.71 Å². The second kappa shape index (κ2) is 6.45. The lowest BCUT2D eigenvalue weighted by atomic mass is 10.2. The molecule has 1 atom stereocenters. The van der Waals surface area contributed by atoms with Crippen molar-refractivity contribution < 1.29 is 13.2 Å². The van der Waals surface area contributed by atoms with Crippen LogP contribution >= 0.6 is 23.2 Å². The topological polar surface area (TPSA) is 89.3 Å². The van der Waals surface area contributed by atoms with Crippen molar-refractivity contribution in [1.82, 2.24) is 5.32 Å². The number of halogens is 2. The molecule has 8 heteroatoms. The largest absolute Gasteiger partial charge is 0.398 e. The lowest BCUT2D eigenvalue weighted by Gasteiger charge is -2.08. The number of rotatable bonds is 5. The summed E-state index contributed by atoms with van der Waals surface area (Å²) < 4.78 is 21.9. The molecule has 3 N–H and O–H groups in total. The first-order valence-electron chi connectivity index (χ1n) is 5.43. The monoisotopic (exact) mass is 324 g/mol. The smallest absolute Gasteiger partial charge is 0.251 e. The summed E-state index contributed by atoms with van der Waals surface area (Å²) in [5.41, 5.74) is 6.18. The average Bonchev–Trinajstić information content (AvgIpc) is 2.32. The molecule has 0 aliphatic rings. The number of amides is 1. The fourth-order valence-electron chi connectivity index (χ4n) is 1.26. The van der Waals surface area contributed by atoms with Gasteiger partial charge in [-0.05, 0) is 25.1 Å². The highest BCUT2D eigenvalue weighted by atomic mass is 35.5. The molecule has 1 aromatic carbocycles. The van der Waals surface area contributed by atoms with Gasteiger partial charge in [-0.1, -0.05) is 11.6 Å². The lowest BCUT2D eigenvalue weighted by Crippen LogP contribution is -2.31. The summed E-state index contributed by atoms with van der Waals surface area (Å²) in [6, 6.07) is 4.44. The van der Waals surface area contributed by atoms with Crippen LogP contribution in [0.2, 0.25) is 5.02 Å². The maximum Gasteiger partial charge on any atom is 0.251 e. The van der Waals surface area contributed by atoms with E-state index in [1.165, 1.54) is 25.1 Å². The molecular formula is C11H14Cl2N2O3S. The van der Waals surface area contributed by atoms with Gasteiger partial charge >= 0.3 is 0 Å². The van der Waals surface area contributed by atoms with Crippen molar-refractivity contribution in [2.75, 3.05) is 18.0 Å². The summed E-state index contributed by atoms with van der Waals surface area (Å²) in [6.45, 7) is 1.36. The highest BCUT2D eigenvalue weighted by Gasteiger charge is 2.18. The average molecular weight is 325 g/mol. The normalized spacial score (nSPS) is 13.0. The molecule has 0 aliphatic heterocycles. The first-order valence-corrected chi connectivity index (χ1v) is 7.96. The van der Waals surface area contributed by atoms with Crippen molar-refractivity contribution in [3.05, 3.63) is 28.8 Å². The van der Waals surface area contributed by atoms with Gasteiger partial charge in [-0.15, -0.1) is 11.6 Å². The van der Waals surface area contributed by atoms with Gasteiger partial charge < -0.3 is 11.1 Å². The van der Waals surface area contributed by atoms with E-state index in [0.717, 1.165) is 0 Å². The minimum atomic E-state index is -3.39. The number of nitrogen functional groups attached to an aromatic ring is 1. The summed E-state index contributed by atoms with van der Waals surface area (Å²) in [5.74, 6) is -0.632. The second-order valence-corrected chi connectivity index (χ2v) is 7.66. The Hall–Kier alpha value is -0.980. The number of hydrogen-bond acceptors (Lipinski definition) is 4. The summed E-state index contributed by atoms with van der Waals surface area (Å²) in [6.07, 6.45) is 0. The second-order valence-electron chi connectivity index (χ2n) is 3.90. The van der Waals surface area contributed by atoms with E-state index >= 15 is 0 Å². The minimum absolute atomic E-state index is 0.0131. The van der Waals surface area contributed by atoms with Crippen molar-refractivity contribution in [3.63, 3.8) is 0 Å². The zero-order chi connectivity index (χ0) is 14.6. The van der Waals surface area contributed by atoms with E-state index in [9.17, 15) is 13.2 Å². The molecule has 1 unspecified atom stereocenters. The van der Waals surface area contributed by atoms with Crippen molar-refractivity contribution >= 4 is 44.6 Å². The molecule has 0 saturated heterocycles. The zero-order valence-corrected chi connectivity index (χ0v) is 12.5. The molecular weight excluding hydrogens is 311 g/mol. The van der Waals surface area contributed by atoms with Crippen molar-refractivity contribution in [2.45, 2.75) is 11.6 Å². The van der Waals surface area contributed by atoms with Crippen LogP contribution in [0.1, 0.15) is 17.3 Å². The molecule has 0 aromatic heterocycles. The number of anilines is 1. The Labute approximate surface area is 122 Å². The third-order valence-corrected chi connectivity index (χ3v) is 5.35. The molecule has 106 valence electrons. The van der Waals surface area contributed by atoms with Crippen LogP contribution in [0.4, 0.5) is 5.69 Å². The molecule has 0 radical (unpaired) electrons. The van der Waals surface area contributed by atoms with Crippen molar-refractivity contribution in [2.24, 2.45) is 0 Å². The molecule has 5 nitrogen and oxygen atoms in total. The van der Waals surface area contributed by atoms with E-state index in [0.29, 0.717) is 10.6 Å². The van der Waals surface area contributed by atoms with Gasteiger partial charge in [-0.25, -0.2) is 8.42 Å². The van der Waals surface area contributed by atoms with Crippen LogP contribution in [-0.4, -0.2) is 31.3 Å². The number of sulfone groups is 1. The van der Waals surface area contributed by atoms with Crippen LogP contribution in [0.3, 0.4) is 0 Å². The number of nitrogens with two attached hydrogens (primary N) is 1. The van der Waals surface area contributed by atoms with Gasteiger partial charge in [0.15, 0.2) is 9.84 Å². The van der Waals surface area contributed by atoms with E-state index in [-0.39, 0.29) is 18.0 Å². The molecule has 19 heavy (non-hydrogen) atoms. The quantitative estimate of drug-likeness (QED) is 0.636. The summed E-state index contributed by atoms with van der Waals surface area (Å²) >= 11 is 11.2. The van der Waals surface area contributed by atoms with Gasteiger partial charge in [0, 0.05) is 12.1 Å². The molecule has 0 aliphatic carbocycles. The summed E-state index contributed by atoms with van der Waals surface area (Å²) in [4.78, 5) is 11.7. The van der Waals surface area contributed by atoms with Crippen LogP contribution in [-0.2, 0) is 9.84 Å². The van der Waals surface area contributed by atoms with Crippen LogP contribution in [0.25, 0.3) is 0 Å². The Morgan fingerprint density at radius 1 is 1.47 bits per heavy atom. The fourth-order valence-corrected chi connectivity index (χ4v) is 2.35.